The number of rotatable bonds is 4. The number of carbonyl (C=O) groups excluding carboxylic acids is 1. The van der Waals surface area contributed by atoms with Crippen molar-refractivity contribution < 1.29 is 14.7 Å². The lowest BCUT2D eigenvalue weighted by molar-refractivity contribution is 0.0696. The van der Waals surface area contributed by atoms with Gasteiger partial charge in [-0.3, -0.25) is 0 Å². The van der Waals surface area contributed by atoms with E-state index in [1.54, 1.807) is 32.1 Å². The van der Waals surface area contributed by atoms with Gasteiger partial charge < -0.3 is 15.7 Å². The summed E-state index contributed by atoms with van der Waals surface area (Å²) in [6, 6.07) is 4.18. The lowest BCUT2D eigenvalue weighted by Crippen LogP contribution is -2.35. The molecule has 96 valence electrons. The van der Waals surface area contributed by atoms with E-state index in [0.717, 1.165) is 0 Å². The van der Waals surface area contributed by atoms with Crippen LogP contribution >= 0.6 is 0 Å². The Bertz CT molecular complexity index is 483. The van der Waals surface area contributed by atoms with Crippen LogP contribution in [0.5, 0.6) is 0 Å². The number of carboxylic acids is 1. The maximum Gasteiger partial charge on any atom is 0.336 e. The van der Waals surface area contributed by atoms with Gasteiger partial charge in [-0.1, -0.05) is 12.1 Å². The quantitative estimate of drug-likeness (QED) is 0.716. The highest BCUT2D eigenvalue weighted by molar-refractivity contribution is 5.95. The molecule has 0 heterocycles. The Labute approximate surface area is 106 Å². The zero-order chi connectivity index (χ0) is 13.7. The molecule has 18 heavy (non-hydrogen) atoms. The summed E-state index contributed by atoms with van der Waals surface area (Å²) < 4.78 is 0. The second kappa shape index (κ2) is 5.86. The van der Waals surface area contributed by atoms with Gasteiger partial charge in [-0.25, -0.2) is 9.59 Å². The molecule has 0 aliphatic carbocycles. The summed E-state index contributed by atoms with van der Waals surface area (Å²) in [4.78, 5) is 22.5. The molecule has 5 nitrogen and oxygen atoms in total. The van der Waals surface area contributed by atoms with Gasteiger partial charge in [0.25, 0.3) is 0 Å². The van der Waals surface area contributed by atoms with Crippen LogP contribution in [0.2, 0.25) is 0 Å². The summed E-state index contributed by atoms with van der Waals surface area (Å²) in [5, 5.41) is 14.2. The minimum Gasteiger partial charge on any atom is -0.478 e. The van der Waals surface area contributed by atoms with Crippen LogP contribution in [-0.4, -0.2) is 23.1 Å². The summed E-state index contributed by atoms with van der Waals surface area (Å²) in [6.45, 7) is 6.99. The fraction of sp³-hybridized carbons (Fsp3) is 0.231. The maximum absolute atomic E-state index is 11.6. The molecule has 1 rings (SSSR count). The number of amides is 2. The molecule has 0 aliphatic rings. The Balaban J connectivity index is 2.85. The van der Waals surface area contributed by atoms with E-state index in [9.17, 15) is 9.59 Å². The molecule has 2 amide bonds. The highest BCUT2D eigenvalue weighted by Crippen LogP contribution is 2.18. The van der Waals surface area contributed by atoms with Crippen molar-refractivity contribution in [2.45, 2.75) is 19.9 Å². The number of hydrogen-bond donors (Lipinski definition) is 3. The standard InChI is InChI=1S/C13H16N2O3/c1-4-8(2)14-13(18)15-11-7-5-6-10(9(11)3)12(16)17/h4-8H,1H2,2-3H3,(H,16,17)(H2,14,15,18). The van der Waals surface area contributed by atoms with Gasteiger partial charge in [-0.05, 0) is 31.5 Å². The highest BCUT2D eigenvalue weighted by atomic mass is 16.4. The van der Waals surface area contributed by atoms with Crippen LogP contribution < -0.4 is 10.6 Å². The molecule has 0 spiro atoms. The third-order valence-corrected chi connectivity index (χ3v) is 2.52. The number of nitrogens with one attached hydrogen (secondary N) is 2. The van der Waals surface area contributed by atoms with E-state index in [2.05, 4.69) is 17.2 Å². The molecule has 0 radical (unpaired) electrons. The number of benzene rings is 1. The number of anilines is 1. The lowest BCUT2D eigenvalue weighted by Gasteiger charge is -2.13. The minimum absolute atomic E-state index is 0.159. The van der Waals surface area contributed by atoms with E-state index in [1.807, 2.05) is 0 Å². The van der Waals surface area contributed by atoms with Crippen LogP contribution in [0, 0.1) is 6.92 Å². The first kappa shape index (κ1) is 13.8. The molecule has 0 fully saturated rings. The molecule has 1 atom stereocenters. The lowest BCUT2D eigenvalue weighted by atomic mass is 10.1. The third kappa shape index (κ3) is 3.35. The fourth-order valence-corrected chi connectivity index (χ4v) is 1.43. The second-order valence-corrected chi connectivity index (χ2v) is 3.91. The number of carboxylic acid groups (broad SMARTS) is 1. The molecule has 0 aliphatic heterocycles. The van der Waals surface area contributed by atoms with Gasteiger partial charge in [0.2, 0.25) is 0 Å². The van der Waals surface area contributed by atoms with Crippen molar-refractivity contribution in [1.29, 1.82) is 0 Å². The van der Waals surface area contributed by atoms with Crippen LogP contribution in [0.3, 0.4) is 0 Å². The van der Waals surface area contributed by atoms with Crippen LogP contribution in [0.15, 0.2) is 30.9 Å². The summed E-state index contributed by atoms with van der Waals surface area (Å²) >= 11 is 0. The van der Waals surface area contributed by atoms with E-state index in [1.165, 1.54) is 6.07 Å². The van der Waals surface area contributed by atoms with Gasteiger partial charge in [0.1, 0.15) is 0 Å². The number of aromatic carboxylic acids is 1. The normalized spacial score (nSPS) is 11.4. The predicted octanol–water partition coefficient (Wildman–Crippen LogP) is 2.39. The van der Waals surface area contributed by atoms with Crippen molar-refractivity contribution in [3.8, 4) is 0 Å². The first-order valence-corrected chi connectivity index (χ1v) is 5.48. The van der Waals surface area contributed by atoms with Gasteiger partial charge in [-0.2, -0.15) is 0 Å². The van der Waals surface area contributed by atoms with Crippen LogP contribution in [0.25, 0.3) is 0 Å². The van der Waals surface area contributed by atoms with Crippen molar-refractivity contribution in [2.24, 2.45) is 0 Å². The zero-order valence-electron chi connectivity index (χ0n) is 10.4. The predicted molar refractivity (Wildman–Crippen MR) is 70.0 cm³/mol. The summed E-state index contributed by atoms with van der Waals surface area (Å²) in [6.07, 6.45) is 1.60. The Kier molecular flexibility index (Phi) is 4.48. The van der Waals surface area contributed by atoms with Gasteiger partial charge in [0, 0.05) is 11.7 Å². The Hall–Kier alpha value is -2.30. The van der Waals surface area contributed by atoms with Gasteiger partial charge >= 0.3 is 12.0 Å². The van der Waals surface area contributed by atoms with Gasteiger partial charge in [0.15, 0.2) is 0 Å². The molecule has 1 unspecified atom stereocenters. The molecule has 3 N–H and O–H groups in total. The summed E-state index contributed by atoms with van der Waals surface area (Å²) in [5.41, 5.74) is 1.17. The van der Waals surface area contributed by atoms with E-state index >= 15 is 0 Å². The SMILES string of the molecule is C=CC(C)NC(=O)Nc1cccc(C(=O)O)c1C. The topological polar surface area (TPSA) is 78.4 Å². The molecule has 0 saturated heterocycles. The van der Waals surface area contributed by atoms with E-state index in [4.69, 9.17) is 5.11 Å². The first-order valence-electron chi connectivity index (χ1n) is 5.48. The molecular weight excluding hydrogens is 232 g/mol. The molecule has 0 bridgehead atoms. The van der Waals surface area contributed by atoms with E-state index in [0.29, 0.717) is 11.3 Å². The van der Waals surface area contributed by atoms with Crippen LogP contribution in [0.4, 0.5) is 10.5 Å². The Morgan fingerprint density at radius 1 is 1.44 bits per heavy atom. The Morgan fingerprint density at radius 3 is 2.67 bits per heavy atom. The van der Waals surface area contributed by atoms with Gasteiger partial charge in [0.05, 0.1) is 5.56 Å². The number of hydrogen-bond acceptors (Lipinski definition) is 2. The van der Waals surface area contributed by atoms with Crippen molar-refractivity contribution >= 4 is 17.7 Å². The van der Waals surface area contributed by atoms with Crippen molar-refractivity contribution in [1.82, 2.24) is 5.32 Å². The first-order chi connectivity index (χ1) is 8.45. The minimum atomic E-state index is -1.02. The summed E-state index contributed by atoms with van der Waals surface area (Å²) in [5.74, 6) is -1.02. The fourth-order valence-electron chi connectivity index (χ4n) is 1.43. The molecular formula is C13H16N2O3. The molecule has 1 aromatic carbocycles. The molecule has 0 saturated carbocycles. The third-order valence-electron chi connectivity index (χ3n) is 2.52. The number of urea groups is 1. The van der Waals surface area contributed by atoms with Crippen LogP contribution in [-0.2, 0) is 0 Å². The van der Waals surface area contributed by atoms with Crippen molar-refractivity contribution in [2.75, 3.05) is 5.32 Å². The number of carbonyl (C=O) groups is 2. The zero-order valence-corrected chi connectivity index (χ0v) is 10.4. The largest absolute Gasteiger partial charge is 0.478 e. The van der Waals surface area contributed by atoms with Crippen molar-refractivity contribution in [3.05, 3.63) is 42.0 Å². The van der Waals surface area contributed by atoms with Crippen molar-refractivity contribution in [3.63, 3.8) is 0 Å². The molecule has 0 aromatic heterocycles. The maximum atomic E-state index is 11.6. The van der Waals surface area contributed by atoms with Gasteiger partial charge in [-0.15, -0.1) is 6.58 Å². The summed E-state index contributed by atoms with van der Waals surface area (Å²) in [7, 11) is 0. The average Bonchev–Trinajstić information content (AvgIpc) is 2.31. The average molecular weight is 248 g/mol. The highest BCUT2D eigenvalue weighted by Gasteiger charge is 2.12. The second-order valence-electron chi connectivity index (χ2n) is 3.91. The Morgan fingerprint density at radius 2 is 2.11 bits per heavy atom. The van der Waals surface area contributed by atoms with Crippen LogP contribution in [0.1, 0.15) is 22.8 Å². The molecule has 1 aromatic rings. The monoisotopic (exact) mass is 248 g/mol. The molecule has 5 heteroatoms. The smallest absolute Gasteiger partial charge is 0.336 e. The van der Waals surface area contributed by atoms with E-state index < -0.39 is 12.0 Å². The van der Waals surface area contributed by atoms with E-state index in [-0.39, 0.29) is 11.6 Å².